The number of nitrogens with zero attached hydrogens (tertiary/aromatic N) is 1. The Hall–Kier alpha value is -1.06. The Balaban J connectivity index is 1.66. The number of benzene rings is 1. The van der Waals surface area contributed by atoms with Gasteiger partial charge in [-0.05, 0) is 50.6 Å². The molecule has 0 unspecified atom stereocenters. The van der Waals surface area contributed by atoms with Gasteiger partial charge in [-0.25, -0.2) is 0 Å². The standard InChI is InChI=1S/C15H24N2O/c1-12-5-6-15(9-13(12)2)18-8-4-7-17(3)14-10-16-11-14/h5-6,9,14,16H,4,7-8,10-11H2,1-3H3. The molecule has 0 radical (unpaired) electrons. The highest BCUT2D eigenvalue weighted by Crippen LogP contribution is 2.16. The quantitative estimate of drug-likeness (QED) is 0.779. The lowest BCUT2D eigenvalue weighted by Crippen LogP contribution is -2.56. The van der Waals surface area contributed by atoms with Crippen molar-refractivity contribution in [2.24, 2.45) is 0 Å². The Morgan fingerprint density at radius 3 is 2.67 bits per heavy atom. The molecule has 18 heavy (non-hydrogen) atoms. The molecule has 1 saturated heterocycles. The minimum atomic E-state index is 0.728. The Labute approximate surface area is 110 Å². The van der Waals surface area contributed by atoms with Crippen LogP contribution in [-0.4, -0.2) is 44.2 Å². The van der Waals surface area contributed by atoms with E-state index in [0.29, 0.717) is 0 Å². The van der Waals surface area contributed by atoms with E-state index in [1.54, 1.807) is 0 Å². The van der Waals surface area contributed by atoms with Crippen molar-refractivity contribution in [1.82, 2.24) is 10.2 Å². The largest absolute Gasteiger partial charge is 0.494 e. The first-order valence-electron chi connectivity index (χ1n) is 6.78. The molecular weight excluding hydrogens is 224 g/mol. The Bertz CT molecular complexity index is 388. The molecule has 0 bridgehead atoms. The molecule has 0 spiro atoms. The predicted octanol–water partition coefficient (Wildman–Crippen LogP) is 1.98. The lowest BCUT2D eigenvalue weighted by atomic mass is 10.1. The van der Waals surface area contributed by atoms with Crippen molar-refractivity contribution in [3.8, 4) is 5.75 Å². The molecule has 0 saturated carbocycles. The maximum Gasteiger partial charge on any atom is 0.119 e. The Morgan fingerprint density at radius 1 is 1.28 bits per heavy atom. The second kappa shape index (κ2) is 6.21. The van der Waals surface area contributed by atoms with E-state index in [-0.39, 0.29) is 0 Å². The van der Waals surface area contributed by atoms with Gasteiger partial charge in [0.2, 0.25) is 0 Å². The minimum absolute atomic E-state index is 0.728. The van der Waals surface area contributed by atoms with Gasteiger partial charge in [0, 0.05) is 25.7 Å². The van der Waals surface area contributed by atoms with E-state index in [2.05, 4.69) is 49.3 Å². The van der Waals surface area contributed by atoms with Crippen LogP contribution in [-0.2, 0) is 0 Å². The van der Waals surface area contributed by atoms with Crippen molar-refractivity contribution < 1.29 is 4.74 Å². The van der Waals surface area contributed by atoms with Gasteiger partial charge in [-0.1, -0.05) is 6.07 Å². The van der Waals surface area contributed by atoms with Gasteiger partial charge >= 0.3 is 0 Å². The third-order valence-corrected chi connectivity index (χ3v) is 3.79. The van der Waals surface area contributed by atoms with Crippen molar-refractivity contribution in [1.29, 1.82) is 0 Å². The average molecular weight is 248 g/mol. The summed E-state index contributed by atoms with van der Waals surface area (Å²) < 4.78 is 5.78. The van der Waals surface area contributed by atoms with E-state index in [0.717, 1.165) is 44.5 Å². The van der Waals surface area contributed by atoms with Gasteiger partial charge in [0.15, 0.2) is 0 Å². The van der Waals surface area contributed by atoms with Crippen LogP contribution in [0.1, 0.15) is 17.5 Å². The van der Waals surface area contributed by atoms with Gasteiger partial charge in [0.1, 0.15) is 5.75 Å². The van der Waals surface area contributed by atoms with E-state index < -0.39 is 0 Å². The van der Waals surface area contributed by atoms with Crippen LogP contribution in [0.25, 0.3) is 0 Å². The molecule has 0 amide bonds. The van der Waals surface area contributed by atoms with Crippen molar-refractivity contribution in [3.63, 3.8) is 0 Å². The molecule has 3 nitrogen and oxygen atoms in total. The number of rotatable bonds is 6. The van der Waals surface area contributed by atoms with Gasteiger partial charge in [-0.2, -0.15) is 0 Å². The highest BCUT2D eigenvalue weighted by Gasteiger charge is 2.20. The number of ether oxygens (including phenoxy) is 1. The number of hydrogen-bond donors (Lipinski definition) is 1. The summed E-state index contributed by atoms with van der Waals surface area (Å²) in [6.07, 6.45) is 1.08. The molecular formula is C15H24N2O. The fraction of sp³-hybridized carbons (Fsp3) is 0.600. The molecule has 0 atom stereocenters. The zero-order chi connectivity index (χ0) is 13.0. The molecule has 1 aromatic carbocycles. The summed E-state index contributed by atoms with van der Waals surface area (Å²) in [6.45, 7) is 8.42. The third kappa shape index (κ3) is 3.47. The van der Waals surface area contributed by atoms with Gasteiger partial charge in [0.05, 0.1) is 6.61 Å². The number of aryl methyl sites for hydroxylation is 2. The van der Waals surface area contributed by atoms with Gasteiger partial charge in [-0.15, -0.1) is 0 Å². The van der Waals surface area contributed by atoms with Gasteiger partial charge in [-0.3, -0.25) is 0 Å². The maximum atomic E-state index is 5.78. The van der Waals surface area contributed by atoms with Crippen molar-refractivity contribution in [2.75, 3.05) is 33.3 Å². The first kappa shape index (κ1) is 13.4. The van der Waals surface area contributed by atoms with Crippen LogP contribution in [0.3, 0.4) is 0 Å². The summed E-state index contributed by atoms with van der Waals surface area (Å²) in [4.78, 5) is 2.42. The highest BCUT2D eigenvalue weighted by atomic mass is 16.5. The van der Waals surface area contributed by atoms with E-state index in [4.69, 9.17) is 4.74 Å². The fourth-order valence-corrected chi connectivity index (χ4v) is 2.08. The maximum absolute atomic E-state index is 5.78. The first-order valence-corrected chi connectivity index (χ1v) is 6.78. The molecule has 1 aliphatic heterocycles. The summed E-state index contributed by atoms with van der Waals surface area (Å²) in [5, 5.41) is 3.30. The summed E-state index contributed by atoms with van der Waals surface area (Å²) in [5.41, 5.74) is 2.62. The topological polar surface area (TPSA) is 24.5 Å². The zero-order valence-corrected chi connectivity index (χ0v) is 11.7. The highest BCUT2D eigenvalue weighted by molar-refractivity contribution is 5.33. The monoisotopic (exact) mass is 248 g/mol. The fourth-order valence-electron chi connectivity index (χ4n) is 2.08. The molecule has 1 fully saturated rings. The Morgan fingerprint density at radius 2 is 2.06 bits per heavy atom. The van der Waals surface area contributed by atoms with E-state index in [9.17, 15) is 0 Å². The van der Waals surface area contributed by atoms with Crippen molar-refractivity contribution >= 4 is 0 Å². The molecule has 1 aliphatic rings. The van der Waals surface area contributed by atoms with Gasteiger partial charge < -0.3 is 15.0 Å². The van der Waals surface area contributed by atoms with Crippen molar-refractivity contribution in [3.05, 3.63) is 29.3 Å². The smallest absolute Gasteiger partial charge is 0.119 e. The lowest BCUT2D eigenvalue weighted by molar-refractivity contribution is 0.167. The third-order valence-electron chi connectivity index (χ3n) is 3.79. The summed E-state index contributed by atoms with van der Waals surface area (Å²) in [6, 6.07) is 7.03. The predicted molar refractivity (Wildman–Crippen MR) is 75.3 cm³/mol. The number of likely N-dealkylation sites (N-methyl/N-ethyl adjacent to an activating group) is 1. The summed E-state index contributed by atoms with van der Waals surface area (Å²) in [7, 11) is 2.20. The Kier molecular flexibility index (Phi) is 4.61. The van der Waals surface area contributed by atoms with Crippen LogP contribution in [0.15, 0.2) is 18.2 Å². The average Bonchev–Trinajstić information content (AvgIpc) is 2.27. The number of hydrogen-bond acceptors (Lipinski definition) is 3. The lowest BCUT2D eigenvalue weighted by Gasteiger charge is -2.35. The second-order valence-electron chi connectivity index (χ2n) is 5.24. The van der Waals surface area contributed by atoms with Crippen LogP contribution >= 0.6 is 0 Å². The van der Waals surface area contributed by atoms with E-state index in [1.807, 2.05) is 0 Å². The van der Waals surface area contributed by atoms with Gasteiger partial charge in [0.25, 0.3) is 0 Å². The molecule has 0 aromatic heterocycles. The molecule has 1 N–H and O–H groups in total. The summed E-state index contributed by atoms with van der Waals surface area (Å²) in [5.74, 6) is 0.992. The van der Waals surface area contributed by atoms with Crippen LogP contribution < -0.4 is 10.1 Å². The molecule has 1 heterocycles. The van der Waals surface area contributed by atoms with Crippen LogP contribution in [0.5, 0.6) is 5.75 Å². The summed E-state index contributed by atoms with van der Waals surface area (Å²) >= 11 is 0. The zero-order valence-electron chi connectivity index (χ0n) is 11.7. The SMILES string of the molecule is Cc1ccc(OCCCN(C)C2CNC2)cc1C. The normalized spacial score (nSPS) is 15.8. The second-order valence-corrected chi connectivity index (χ2v) is 5.24. The number of nitrogens with one attached hydrogen (secondary N) is 1. The first-order chi connectivity index (χ1) is 8.66. The minimum Gasteiger partial charge on any atom is -0.494 e. The van der Waals surface area contributed by atoms with Crippen molar-refractivity contribution in [2.45, 2.75) is 26.3 Å². The van der Waals surface area contributed by atoms with Crippen LogP contribution in [0.4, 0.5) is 0 Å². The molecule has 0 aliphatic carbocycles. The molecule has 1 aromatic rings. The molecule has 2 rings (SSSR count). The molecule has 100 valence electrons. The van der Waals surface area contributed by atoms with E-state index in [1.165, 1.54) is 11.1 Å². The molecule has 3 heteroatoms. The van der Waals surface area contributed by atoms with Crippen LogP contribution in [0.2, 0.25) is 0 Å². The van der Waals surface area contributed by atoms with Crippen LogP contribution in [0, 0.1) is 13.8 Å². The van der Waals surface area contributed by atoms with E-state index >= 15 is 0 Å².